The van der Waals surface area contributed by atoms with Crippen LogP contribution in [0.15, 0.2) is 72.1 Å². The van der Waals surface area contributed by atoms with Crippen LogP contribution in [0.3, 0.4) is 0 Å². The number of para-hydroxylation sites is 1. The van der Waals surface area contributed by atoms with E-state index in [1.807, 2.05) is 12.1 Å². The highest BCUT2D eigenvalue weighted by Gasteiger charge is 2.21. The van der Waals surface area contributed by atoms with Crippen LogP contribution in [0.1, 0.15) is 25.0 Å². The molecule has 0 aliphatic carbocycles. The van der Waals surface area contributed by atoms with Crippen LogP contribution in [0.4, 0.5) is 5.69 Å². The highest BCUT2D eigenvalue weighted by Crippen LogP contribution is 2.32. The van der Waals surface area contributed by atoms with Crippen LogP contribution in [0.5, 0.6) is 0 Å². The van der Waals surface area contributed by atoms with Crippen LogP contribution >= 0.6 is 23.4 Å². The van der Waals surface area contributed by atoms with E-state index in [0.29, 0.717) is 21.7 Å². The minimum atomic E-state index is -0.126. The van der Waals surface area contributed by atoms with E-state index < -0.39 is 0 Å². The maximum absolute atomic E-state index is 12.6. The van der Waals surface area contributed by atoms with E-state index in [1.54, 1.807) is 36.7 Å². The van der Waals surface area contributed by atoms with Crippen molar-refractivity contribution in [2.45, 2.75) is 31.8 Å². The molecule has 0 saturated carbocycles. The van der Waals surface area contributed by atoms with Gasteiger partial charge in [0.25, 0.3) is 0 Å². The number of thioether (sulfide) groups is 1. The van der Waals surface area contributed by atoms with E-state index in [4.69, 9.17) is 11.6 Å². The van der Waals surface area contributed by atoms with Gasteiger partial charge >= 0.3 is 0 Å². The molecule has 2 aromatic heterocycles. The number of benzene rings is 2. The molecule has 1 N–H and O–H groups in total. The SMILES string of the molecule is CCc1cccc(CC)c1-n1c(SCC(=O)Nc2ccc(Cl)cc2)nnc1-c1cccnc1. The molecule has 0 fully saturated rings. The van der Waals surface area contributed by atoms with Gasteiger partial charge in [-0.3, -0.25) is 14.3 Å². The lowest BCUT2D eigenvalue weighted by atomic mass is 10.0. The van der Waals surface area contributed by atoms with Gasteiger partial charge in [0.15, 0.2) is 11.0 Å². The summed E-state index contributed by atoms with van der Waals surface area (Å²) in [6.07, 6.45) is 5.25. The van der Waals surface area contributed by atoms with Crippen molar-refractivity contribution in [1.29, 1.82) is 0 Å². The van der Waals surface area contributed by atoms with Gasteiger partial charge in [0.05, 0.1) is 11.4 Å². The minimum Gasteiger partial charge on any atom is -0.325 e. The molecule has 2 aromatic carbocycles. The second-order valence-electron chi connectivity index (χ2n) is 7.36. The number of hydrogen-bond donors (Lipinski definition) is 1. The van der Waals surface area contributed by atoms with Crippen molar-refractivity contribution in [3.05, 3.63) is 83.1 Å². The van der Waals surface area contributed by atoms with Crippen molar-refractivity contribution in [1.82, 2.24) is 19.7 Å². The van der Waals surface area contributed by atoms with E-state index in [1.165, 1.54) is 22.9 Å². The zero-order chi connectivity index (χ0) is 23.2. The summed E-state index contributed by atoms with van der Waals surface area (Å²) in [7, 11) is 0. The lowest BCUT2D eigenvalue weighted by molar-refractivity contribution is -0.113. The van der Waals surface area contributed by atoms with Gasteiger partial charge in [0, 0.05) is 28.7 Å². The van der Waals surface area contributed by atoms with E-state index in [0.717, 1.165) is 24.1 Å². The fourth-order valence-electron chi connectivity index (χ4n) is 3.61. The number of nitrogens with one attached hydrogen (secondary N) is 1. The number of hydrogen-bond acceptors (Lipinski definition) is 5. The molecule has 0 aliphatic heterocycles. The minimum absolute atomic E-state index is 0.126. The third kappa shape index (κ3) is 5.26. The van der Waals surface area contributed by atoms with Crippen LogP contribution in [0.25, 0.3) is 17.1 Å². The first-order chi connectivity index (χ1) is 16.1. The molecule has 0 spiro atoms. The second-order valence-corrected chi connectivity index (χ2v) is 8.74. The van der Waals surface area contributed by atoms with Crippen molar-refractivity contribution >= 4 is 35.0 Å². The molecule has 6 nitrogen and oxygen atoms in total. The Labute approximate surface area is 202 Å². The van der Waals surface area contributed by atoms with Crippen molar-refractivity contribution in [3.63, 3.8) is 0 Å². The molecule has 8 heteroatoms. The standard InChI is InChI=1S/C25H24ClN5OS/c1-3-17-7-5-8-18(4-2)23(17)31-24(19-9-6-14-27-15-19)29-30-25(31)33-16-22(32)28-21-12-10-20(26)11-13-21/h5-15H,3-4,16H2,1-2H3,(H,28,32). The number of anilines is 1. The van der Waals surface area contributed by atoms with Gasteiger partial charge in [0.1, 0.15) is 0 Å². The molecule has 0 saturated heterocycles. The molecule has 0 aliphatic rings. The van der Waals surface area contributed by atoms with E-state index in [-0.39, 0.29) is 11.7 Å². The van der Waals surface area contributed by atoms with Gasteiger partial charge < -0.3 is 5.32 Å². The summed E-state index contributed by atoms with van der Waals surface area (Å²) in [6.45, 7) is 4.28. The summed E-state index contributed by atoms with van der Waals surface area (Å²) in [6, 6.07) is 17.2. The fraction of sp³-hybridized carbons (Fsp3) is 0.200. The lowest BCUT2D eigenvalue weighted by Crippen LogP contribution is -2.15. The number of aromatic nitrogens is 4. The number of halogens is 1. The highest BCUT2D eigenvalue weighted by molar-refractivity contribution is 7.99. The quantitative estimate of drug-likeness (QED) is 0.323. The Balaban J connectivity index is 1.69. The van der Waals surface area contributed by atoms with Crippen molar-refractivity contribution < 1.29 is 4.79 Å². The van der Waals surface area contributed by atoms with E-state index >= 15 is 0 Å². The molecule has 0 unspecified atom stereocenters. The average Bonchev–Trinajstić information content (AvgIpc) is 3.27. The monoisotopic (exact) mass is 477 g/mol. The van der Waals surface area contributed by atoms with Crippen LogP contribution in [-0.4, -0.2) is 31.4 Å². The molecule has 2 heterocycles. The number of amides is 1. The average molecular weight is 478 g/mol. The Bertz CT molecular complexity index is 1220. The number of pyridine rings is 1. The number of nitrogens with zero attached hydrogens (tertiary/aromatic N) is 4. The zero-order valence-electron chi connectivity index (χ0n) is 18.5. The molecule has 33 heavy (non-hydrogen) atoms. The Hall–Kier alpha value is -3.16. The van der Waals surface area contributed by atoms with Gasteiger partial charge in [-0.15, -0.1) is 10.2 Å². The molecule has 0 bridgehead atoms. The Morgan fingerprint density at radius 2 is 1.73 bits per heavy atom. The molecule has 4 aromatic rings. The number of carbonyl (C=O) groups excluding carboxylic acids is 1. The Kier molecular flexibility index (Phi) is 7.42. The third-order valence-corrected chi connectivity index (χ3v) is 6.38. The van der Waals surface area contributed by atoms with Gasteiger partial charge in [-0.05, 0) is 60.4 Å². The molecule has 1 amide bonds. The summed E-state index contributed by atoms with van der Waals surface area (Å²) in [4.78, 5) is 16.9. The van der Waals surface area contributed by atoms with Crippen LogP contribution in [0.2, 0.25) is 5.02 Å². The Morgan fingerprint density at radius 1 is 1.00 bits per heavy atom. The van der Waals surface area contributed by atoms with Gasteiger partial charge in [-0.1, -0.05) is 55.4 Å². The summed E-state index contributed by atoms with van der Waals surface area (Å²) < 4.78 is 2.06. The van der Waals surface area contributed by atoms with Crippen molar-refractivity contribution in [3.8, 4) is 17.1 Å². The molecule has 4 rings (SSSR count). The lowest BCUT2D eigenvalue weighted by Gasteiger charge is -2.18. The summed E-state index contributed by atoms with van der Waals surface area (Å²) in [5.74, 6) is 0.780. The summed E-state index contributed by atoms with van der Waals surface area (Å²) in [5, 5.41) is 13.1. The summed E-state index contributed by atoms with van der Waals surface area (Å²) >= 11 is 7.29. The first-order valence-electron chi connectivity index (χ1n) is 10.8. The summed E-state index contributed by atoms with van der Waals surface area (Å²) in [5.41, 5.74) is 5.05. The van der Waals surface area contributed by atoms with Gasteiger partial charge in [0.2, 0.25) is 5.91 Å². The number of carbonyl (C=O) groups is 1. The number of rotatable bonds is 8. The zero-order valence-corrected chi connectivity index (χ0v) is 20.0. The van der Waals surface area contributed by atoms with Gasteiger partial charge in [-0.25, -0.2) is 0 Å². The molecule has 0 atom stereocenters. The second kappa shape index (κ2) is 10.6. The van der Waals surface area contributed by atoms with Crippen LogP contribution in [0, 0.1) is 0 Å². The third-order valence-electron chi connectivity index (χ3n) is 5.20. The van der Waals surface area contributed by atoms with E-state index in [9.17, 15) is 4.79 Å². The fourth-order valence-corrected chi connectivity index (χ4v) is 4.47. The molecule has 168 valence electrons. The number of aryl methyl sites for hydroxylation is 2. The first-order valence-corrected chi connectivity index (χ1v) is 12.1. The van der Waals surface area contributed by atoms with E-state index in [2.05, 4.69) is 57.1 Å². The molecular weight excluding hydrogens is 454 g/mol. The predicted molar refractivity (Wildman–Crippen MR) is 134 cm³/mol. The van der Waals surface area contributed by atoms with Crippen molar-refractivity contribution in [2.75, 3.05) is 11.1 Å². The van der Waals surface area contributed by atoms with Crippen molar-refractivity contribution in [2.24, 2.45) is 0 Å². The normalized spacial score (nSPS) is 10.9. The topological polar surface area (TPSA) is 72.7 Å². The smallest absolute Gasteiger partial charge is 0.234 e. The molecular formula is C25H24ClN5OS. The van der Waals surface area contributed by atoms with Crippen LogP contribution in [-0.2, 0) is 17.6 Å². The maximum Gasteiger partial charge on any atom is 0.234 e. The first kappa shape index (κ1) is 23.0. The molecule has 0 radical (unpaired) electrons. The predicted octanol–water partition coefficient (Wildman–Crippen LogP) is 5.84. The van der Waals surface area contributed by atoms with Crippen LogP contribution < -0.4 is 5.32 Å². The van der Waals surface area contributed by atoms with Gasteiger partial charge in [-0.2, -0.15) is 0 Å². The Morgan fingerprint density at radius 3 is 2.36 bits per heavy atom. The largest absolute Gasteiger partial charge is 0.325 e. The highest BCUT2D eigenvalue weighted by atomic mass is 35.5. The maximum atomic E-state index is 12.6.